The lowest BCUT2D eigenvalue weighted by Gasteiger charge is -2.16. The lowest BCUT2D eigenvalue weighted by Crippen LogP contribution is -2.21. The van der Waals surface area contributed by atoms with Crippen LogP contribution in [-0.2, 0) is 12.7 Å². The molecule has 0 radical (unpaired) electrons. The van der Waals surface area contributed by atoms with Gasteiger partial charge in [0.1, 0.15) is 0 Å². The van der Waals surface area contributed by atoms with Crippen LogP contribution in [0.25, 0.3) is 10.9 Å². The molecule has 0 saturated heterocycles. The molecule has 3 N–H and O–H groups in total. The summed E-state index contributed by atoms with van der Waals surface area (Å²) in [5.74, 6) is 0. The molecule has 0 saturated carbocycles. The van der Waals surface area contributed by atoms with Gasteiger partial charge in [0, 0.05) is 37.1 Å². The highest BCUT2D eigenvalue weighted by atomic mass is 19.4. The quantitative estimate of drug-likeness (QED) is 0.327. The topological polar surface area (TPSA) is 71.0 Å². The number of hydrogen-bond donors (Lipinski definition) is 3. The molecule has 2 heterocycles. The van der Waals surface area contributed by atoms with Crippen LogP contribution >= 0.6 is 0 Å². The van der Waals surface area contributed by atoms with E-state index in [0.717, 1.165) is 28.6 Å². The lowest BCUT2D eigenvalue weighted by atomic mass is 10.1. The molecule has 2 aromatic heterocycles. The van der Waals surface area contributed by atoms with E-state index in [1.54, 1.807) is 18.5 Å². The van der Waals surface area contributed by atoms with Crippen molar-refractivity contribution in [2.45, 2.75) is 19.6 Å². The van der Waals surface area contributed by atoms with Crippen molar-refractivity contribution in [3.63, 3.8) is 0 Å². The van der Waals surface area contributed by atoms with E-state index in [2.05, 4.69) is 20.9 Å². The Morgan fingerprint density at radius 1 is 0.970 bits per heavy atom. The lowest BCUT2D eigenvalue weighted by molar-refractivity contribution is -0.137. The number of halogens is 3. The van der Waals surface area contributed by atoms with E-state index >= 15 is 0 Å². The molecule has 0 unspecified atom stereocenters. The molecule has 0 aliphatic rings. The largest absolute Gasteiger partial charge is 0.416 e. The number of anilines is 3. The minimum absolute atomic E-state index is 0.0478. The third kappa shape index (κ3) is 5.08. The van der Waals surface area contributed by atoms with Gasteiger partial charge in [0.25, 0.3) is 0 Å². The highest BCUT2D eigenvalue weighted by Gasteiger charge is 2.31. The standard InChI is InChI=1S/C24H22F3N5O/c1-2-29-20-7-6-17(24(25,26)27)14-21(20)31-23(33)30-19-4-3-5-22-18(19)10-13-32(22)15-16-8-11-28-12-9-16/h3-14,29H,2,15H2,1H3,(H2,30,31,33). The number of nitrogens with zero attached hydrogens (tertiary/aromatic N) is 2. The van der Waals surface area contributed by atoms with Gasteiger partial charge in [-0.3, -0.25) is 4.98 Å². The fraction of sp³-hybridized carbons (Fsp3) is 0.167. The minimum atomic E-state index is -4.51. The monoisotopic (exact) mass is 453 g/mol. The van der Waals surface area contributed by atoms with Gasteiger partial charge in [-0.05, 0) is 61.0 Å². The first-order valence-electron chi connectivity index (χ1n) is 10.3. The number of urea groups is 1. The number of hydrogen-bond acceptors (Lipinski definition) is 3. The highest BCUT2D eigenvalue weighted by Crippen LogP contribution is 2.34. The number of carbonyl (C=O) groups is 1. The molecule has 0 aliphatic carbocycles. The fourth-order valence-corrected chi connectivity index (χ4v) is 3.60. The molecule has 0 bridgehead atoms. The average molecular weight is 453 g/mol. The van der Waals surface area contributed by atoms with Crippen LogP contribution in [-0.4, -0.2) is 22.1 Å². The summed E-state index contributed by atoms with van der Waals surface area (Å²) in [5, 5.41) is 9.08. The van der Waals surface area contributed by atoms with Crippen LogP contribution in [0.3, 0.4) is 0 Å². The second-order valence-corrected chi connectivity index (χ2v) is 7.41. The number of carbonyl (C=O) groups excluding carboxylic acids is 1. The van der Waals surface area contributed by atoms with Crippen LogP contribution in [0.1, 0.15) is 18.1 Å². The molecule has 0 aliphatic heterocycles. The molecule has 2 amide bonds. The third-order valence-electron chi connectivity index (χ3n) is 5.13. The van der Waals surface area contributed by atoms with Crippen LogP contribution in [0.4, 0.5) is 35.0 Å². The fourth-order valence-electron chi connectivity index (χ4n) is 3.60. The van der Waals surface area contributed by atoms with Crippen molar-refractivity contribution < 1.29 is 18.0 Å². The zero-order valence-electron chi connectivity index (χ0n) is 17.8. The van der Waals surface area contributed by atoms with E-state index in [-0.39, 0.29) is 5.69 Å². The summed E-state index contributed by atoms with van der Waals surface area (Å²) >= 11 is 0. The van der Waals surface area contributed by atoms with Gasteiger partial charge >= 0.3 is 12.2 Å². The van der Waals surface area contributed by atoms with Crippen molar-refractivity contribution in [1.29, 1.82) is 0 Å². The molecule has 0 spiro atoms. The maximum atomic E-state index is 13.1. The first kappa shape index (κ1) is 22.2. The molecule has 170 valence electrons. The number of rotatable bonds is 6. The second kappa shape index (κ2) is 9.23. The Labute approximate surface area is 188 Å². The Kier molecular flexibility index (Phi) is 6.21. The van der Waals surface area contributed by atoms with E-state index in [0.29, 0.717) is 24.5 Å². The molecule has 4 aromatic rings. The van der Waals surface area contributed by atoms with Gasteiger partial charge in [0.05, 0.1) is 28.1 Å². The van der Waals surface area contributed by atoms with Gasteiger partial charge in [-0.1, -0.05) is 6.07 Å². The Morgan fingerprint density at radius 3 is 2.45 bits per heavy atom. The summed E-state index contributed by atoms with van der Waals surface area (Å²) in [6, 6.07) is 13.8. The third-order valence-corrected chi connectivity index (χ3v) is 5.13. The Bertz CT molecular complexity index is 1270. The molecule has 4 rings (SSSR count). The van der Waals surface area contributed by atoms with E-state index in [1.807, 2.05) is 48.0 Å². The molecule has 0 atom stereocenters. The predicted octanol–water partition coefficient (Wildman–Crippen LogP) is 6.18. The zero-order chi connectivity index (χ0) is 23.4. The van der Waals surface area contributed by atoms with Crippen molar-refractivity contribution in [1.82, 2.24) is 9.55 Å². The number of fused-ring (bicyclic) bond motifs is 1. The van der Waals surface area contributed by atoms with Gasteiger partial charge < -0.3 is 20.5 Å². The van der Waals surface area contributed by atoms with Crippen LogP contribution < -0.4 is 16.0 Å². The average Bonchev–Trinajstić information content (AvgIpc) is 3.19. The zero-order valence-corrected chi connectivity index (χ0v) is 17.8. The van der Waals surface area contributed by atoms with Crippen molar-refractivity contribution in [2.75, 3.05) is 22.5 Å². The van der Waals surface area contributed by atoms with Crippen LogP contribution in [0.2, 0.25) is 0 Å². The first-order valence-corrected chi connectivity index (χ1v) is 10.3. The first-order chi connectivity index (χ1) is 15.8. The van der Waals surface area contributed by atoms with Gasteiger partial charge in [-0.25, -0.2) is 4.79 Å². The van der Waals surface area contributed by atoms with Gasteiger partial charge in [-0.2, -0.15) is 13.2 Å². The van der Waals surface area contributed by atoms with E-state index in [9.17, 15) is 18.0 Å². The van der Waals surface area contributed by atoms with E-state index in [4.69, 9.17) is 0 Å². The Hall–Kier alpha value is -4.01. The van der Waals surface area contributed by atoms with E-state index < -0.39 is 17.8 Å². The number of benzene rings is 2. The number of aromatic nitrogens is 2. The summed E-state index contributed by atoms with van der Waals surface area (Å²) in [6.07, 6.45) is 0.868. The highest BCUT2D eigenvalue weighted by molar-refractivity contribution is 6.07. The molecular formula is C24H22F3N5O. The van der Waals surface area contributed by atoms with Crippen molar-refractivity contribution in [3.8, 4) is 0 Å². The van der Waals surface area contributed by atoms with Gasteiger partial charge in [0.2, 0.25) is 0 Å². The minimum Gasteiger partial charge on any atom is -0.384 e. The Morgan fingerprint density at radius 2 is 1.73 bits per heavy atom. The van der Waals surface area contributed by atoms with E-state index in [1.165, 1.54) is 6.07 Å². The van der Waals surface area contributed by atoms with Crippen molar-refractivity contribution >= 4 is 34.0 Å². The summed E-state index contributed by atoms with van der Waals surface area (Å²) < 4.78 is 41.5. The molecular weight excluding hydrogens is 431 g/mol. The second-order valence-electron chi connectivity index (χ2n) is 7.41. The van der Waals surface area contributed by atoms with Crippen LogP contribution in [0.5, 0.6) is 0 Å². The summed E-state index contributed by atoms with van der Waals surface area (Å²) in [4.78, 5) is 16.7. The normalized spacial score (nSPS) is 11.4. The summed E-state index contributed by atoms with van der Waals surface area (Å²) in [7, 11) is 0. The molecule has 0 fully saturated rings. The number of amides is 2. The van der Waals surface area contributed by atoms with Crippen molar-refractivity contribution in [3.05, 3.63) is 84.3 Å². The van der Waals surface area contributed by atoms with Crippen molar-refractivity contribution in [2.24, 2.45) is 0 Å². The summed E-state index contributed by atoms with van der Waals surface area (Å²) in [6.45, 7) is 2.95. The molecule has 33 heavy (non-hydrogen) atoms. The van der Waals surface area contributed by atoms with Crippen LogP contribution in [0.15, 0.2) is 73.2 Å². The predicted molar refractivity (Wildman–Crippen MR) is 124 cm³/mol. The number of alkyl halides is 3. The molecule has 6 nitrogen and oxygen atoms in total. The number of pyridine rings is 1. The van der Waals surface area contributed by atoms with Crippen LogP contribution in [0, 0.1) is 0 Å². The molecule has 2 aromatic carbocycles. The number of nitrogens with one attached hydrogen (secondary N) is 3. The SMILES string of the molecule is CCNc1ccc(C(F)(F)F)cc1NC(=O)Nc1cccc2c1ccn2Cc1ccncc1. The maximum Gasteiger partial charge on any atom is 0.416 e. The Balaban J connectivity index is 1.56. The molecule has 9 heteroatoms. The smallest absolute Gasteiger partial charge is 0.384 e. The van der Waals surface area contributed by atoms with Gasteiger partial charge in [0.15, 0.2) is 0 Å². The maximum absolute atomic E-state index is 13.1. The summed E-state index contributed by atoms with van der Waals surface area (Å²) in [5.41, 5.74) is 2.16. The van der Waals surface area contributed by atoms with Gasteiger partial charge in [-0.15, -0.1) is 0 Å².